The Hall–Kier alpha value is -1.26. The maximum absolute atomic E-state index is 2.94. The van der Waals surface area contributed by atoms with E-state index < -0.39 is 0 Å². The van der Waals surface area contributed by atoms with Gasteiger partial charge in [-0.15, -0.1) is 0 Å². The SMILES string of the molecule is C[C-]=C(C)C.[Rf]. The zero-order valence-electron chi connectivity index (χ0n) is 4.71. The Bertz CT molecular complexity index is 41.9. The third-order valence-electron chi connectivity index (χ3n) is 0.500. The monoisotopic (exact) mass is 336 g/mol. The van der Waals surface area contributed by atoms with Crippen molar-refractivity contribution in [3.63, 3.8) is 0 Å². The molecule has 0 bridgehead atoms. The molecular weight excluding hydrogens is 327 g/mol. The van der Waals surface area contributed by atoms with E-state index in [0.717, 1.165) is 0 Å². The molecule has 0 N–H and O–H groups in total. The van der Waals surface area contributed by atoms with Gasteiger partial charge in [0.05, 0.1) is 0 Å². The van der Waals surface area contributed by atoms with E-state index in [1.165, 1.54) is 5.57 Å². The van der Waals surface area contributed by atoms with E-state index in [4.69, 9.17) is 0 Å². The molecule has 0 fully saturated rings. The fourth-order valence-corrected chi connectivity index (χ4v) is 0. The van der Waals surface area contributed by atoms with Gasteiger partial charge < -0.3 is 6.08 Å². The van der Waals surface area contributed by atoms with Crippen LogP contribution in [0.3, 0.4) is 0 Å². The summed E-state index contributed by atoms with van der Waals surface area (Å²) in [4.78, 5) is 0. The van der Waals surface area contributed by atoms with Crippen molar-refractivity contribution in [2.45, 2.75) is 20.8 Å². The Labute approximate surface area is 33.5 Å². The van der Waals surface area contributed by atoms with Crippen LogP contribution in [-0.4, -0.2) is 0 Å². The van der Waals surface area contributed by atoms with Gasteiger partial charge in [0.15, 0.2) is 0 Å². The standard InChI is InChI=1S/C5H9.Rf/c1-4-5(2)3;/h1-3H3;/q-1;. The topological polar surface area (TPSA) is 0 Å². The van der Waals surface area contributed by atoms with Crippen LogP contribution in [0.2, 0.25) is 0 Å². The van der Waals surface area contributed by atoms with Crippen molar-refractivity contribution < 1.29 is 0 Å². The second-order valence-electron chi connectivity index (χ2n) is 1.25. The number of hydrogen-bond acceptors (Lipinski definition) is 0. The van der Waals surface area contributed by atoms with Gasteiger partial charge in [-0.2, -0.15) is 6.92 Å². The van der Waals surface area contributed by atoms with E-state index in [1.54, 1.807) is 0 Å². The minimum atomic E-state index is 0. The van der Waals surface area contributed by atoms with Gasteiger partial charge in [-0.05, 0) is 0 Å². The van der Waals surface area contributed by atoms with Crippen molar-refractivity contribution >= 4 is 0 Å². The second kappa shape index (κ2) is 3.74. The van der Waals surface area contributed by atoms with Crippen molar-refractivity contribution in [2.75, 3.05) is 0 Å². The molecule has 0 amide bonds. The molecule has 6 heavy (non-hydrogen) atoms. The molecule has 0 aliphatic rings. The molecule has 0 aromatic heterocycles. The first-order valence-electron chi connectivity index (χ1n) is 1.75. The maximum Gasteiger partial charge on any atom is 0 e. The Morgan fingerprint density at radius 2 is 1.50 bits per heavy atom. The predicted octanol–water partition coefficient (Wildman–Crippen LogP) is 1.78. The molecule has 0 radical (unpaired) electrons. The molecule has 0 atom stereocenters. The summed E-state index contributed by atoms with van der Waals surface area (Å²) in [5.41, 5.74) is 1.25. The smallest absolute Gasteiger partial charge is 0 e. The van der Waals surface area contributed by atoms with Crippen molar-refractivity contribution in [1.29, 1.82) is 0 Å². The van der Waals surface area contributed by atoms with Gasteiger partial charge >= 0.3 is 0 Å². The molecule has 0 aliphatic carbocycles. The third-order valence-corrected chi connectivity index (χ3v) is 0.500. The third kappa shape index (κ3) is 15.1. The molecule has 0 spiro atoms. The van der Waals surface area contributed by atoms with E-state index in [9.17, 15) is 0 Å². The minimum Gasteiger partial charge on any atom is -0.501 e. The van der Waals surface area contributed by atoms with Crippen LogP contribution >= 0.6 is 0 Å². The summed E-state index contributed by atoms with van der Waals surface area (Å²) in [6.07, 6.45) is 2.94. The Kier molecular flexibility index (Phi) is 5.50. The van der Waals surface area contributed by atoms with Gasteiger partial charge in [0.1, 0.15) is 0 Å². The van der Waals surface area contributed by atoms with E-state index in [2.05, 4.69) is 6.08 Å². The van der Waals surface area contributed by atoms with Crippen LogP contribution in [0.25, 0.3) is 0 Å². The molecular formula is C5H9Rf-. The van der Waals surface area contributed by atoms with Crippen molar-refractivity contribution in [3.05, 3.63) is 11.6 Å². The van der Waals surface area contributed by atoms with Gasteiger partial charge in [0, 0.05) is 0 Å². The molecule has 0 saturated carbocycles. The Morgan fingerprint density at radius 1 is 1.33 bits per heavy atom. The van der Waals surface area contributed by atoms with E-state index in [-0.39, 0.29) is 0 Å². The van der Waals surface area contributed by atoms with Crippen LogP contribution in [-0.2, 0) is 0 Å². The first kappa shape index (κ1) is 8.83. The van der Waals surface area contributed by atoms with Crippen molar-refractivity contribution in [3.8, 4) is 0 Å². The van der Waals surface area contributed by atoms with Gasteiger partial charge in [-0.3, -0.25) is 5.57 Å². The molecule has 0 unspecified atom stereocenters. The number of allylic oxidation sites excluding steroid dienone is 2. The summed E-state index contributed by atoms with van der Waals surface area (Å²) in [7, 11) is 0. The molecule has 0 heterocycles. The molecule has 1 heteroatoms. The molecule has 0 saturated heterocycles. The number of hydrogen-bond donors (Lipinski definition) is 0. The van der Waals surface area contributed by atoms with Gasteiger partial charge in [-0.1, -0.05) is 13.8 Å². The van der Waals surface area contributed by atoms with Gasteiger partial charge in [-0.25, -0.2) is 0 Å². The van der Waals surface area contributed by atoms with Gasteiger partial charge in [0.25, 0.3) is 0 Å². The molecule has 0 aliphatic heterocycles. The van der Waals surface area contributed by atoms with Crippen LogP contribution in [0.1, 0.15) is 20.8 Å². The summed E-state index contributed by atoms with van der Waals surface area (Å²) in [6, 6.07) is 0. The fraction of sp³-hybridized carbons (Fsp3) is 0.600. The van der Waals surface area contributed by atoms with Crippen LogP contribution in [0.15, 0.2) is 5.57 Å². The van der Waals surface area contributed by atoms with Crippen molar-refractivity contribution in [2.24, 2.45) is 0 Å². The summed E-state index contributed by atoms with van der Waals surface area (Å²) >= 11 is 0. The summed E-state index contributed by atoms with van der Waals surface area (Å²) in [6.45, 7) is 5.97. The minimum absolute atomic E-state index is 0. The van der Waals surface area contributed by atoms with Gasteiger partial charge in [0.2, 0.25) is 0 Å². The Morgan fingerprint density at radius 3 is 1.50 bits per heavy atom. The van der Waals surface area contributed by atoms with Crippen LogP contribution in [0, 0.1) is 6.08 Å². The predicted molar refractivity (Wildman–Crippen MR) is 23.8 cm³/mol. The molecule has 0 rings (SSSR count). The summed E-state index contributed by atoms with van der Waals surface area (Å²) in [5.74, 6) is 0. The maximum atomic E-state index is 2.94. The van der Waals surface area contributed by atoms with Crippen LogP contribution < -0.4 is 0 Å². The first-order chi connectivity index (χ1) is 2.27. The largest absolute Gasteiger partial charge is 0.501 e. The van der Waals surface area contributed by atoms with Crippen LogP contribution in [0.4, 0.5) is 0 Å². The summed E-state index contributed by atoms with van der Waals surface area (Å²) < 4.78 is 0. The molecule has 0 aromatic rings. The molecule has 32 valence electrons. The second-order valence-corrected chi connectivity index (χ2v) is 1.25. The molecule has 0 nitrogen and oxygen atoms in total. The zero-order valence-corrected chi connectivity index (χ0v) is 11.1. The van der Waals surface area contributed by atoms with Crippen LogP contribution in [0.5, 0.6) is 0 Å². The number of rotatable bonds is 0. The van der Waals surface area contributed by atoms with Crippen molar-refractivity contribution in [1.82, 2.24) is 0 Å². The first-order valence-corrected chi connectivity index (χ1v) is 1.75. The molecule has 0 aromatic carbocycles. The average molecular weight is 336 g/mol. The summed E-state index contributed by atoms with van der Waals surface area (Å²) in [5, 5.41) is 0. The van der Waals surface area contributed by atoms with E-state index in [0.29, 0.717) is 0 Å². The van der Waals surface area contributed by atoms with E-state index in [1.807, 2.05) is 20.8 Å². The quantitative estimate of drug-likeness (QED) is 0.592. The van der Waals surface area contributed by atoms with E-state index >= 15 is 0 Å². The average Bonchev–Trinajstić information content (AvgIpc) is 1.38. The fourth-order valence-electron chi connectivity index (χ4n) is 0. The Balaban J connectivity index is 0. The zero-order chi connectivity index (χ0) is 4.28. The normalized spacial score (nSPS) is 5.83.